The van der Waals surface area contributed by atoms with Crippen molar-refractivity contribution in [2.45, 2.75) is 13.8 Å². The maximum absolute atomic E-state index is 12.0. The van der Waals surface area contributed by atoms with Crippen LogP contribution in [-0.4, -0.2) is 25.1 Å². The second kappa shape index (κ2) is 9.63. The molecule has 0 bridgehead atoms. The van der Waals surface area contributed by atoms with Gasteiger partial charge in [-0.3, -0.25) is 4.79 Å². The van der Waals surface area contributed by atoms with Crippen molar-refractivity contribution < 1.29 is 19.1 Å². The number of nitrogens with one attached hydrogen (secondary N) is 1. The Bertz CT molecular complexity index is 800. The average Bonchev–Trinajstić information content (AvgIpc) is 2.62. The van der Waals surface area contributed by atoms with Crippen molar-refractivity contribution in [1.29, 1.82) is 0 Å². The molecule has 5 nitrogen and oxygen atoms in total. The minimum atomic E-state index is -0.392. The molecule has 26 heavy (non-hydrogen) atoms. The number of amides is 1. The van der Waals surface area contributed by atoms with Gasteiger partial charge in [-0.25, -0.2) is 4.79 Å². The normalized spacial score (nSPS) is 10.6. The van der Waals surface area contributed by atoms with Gasteiger partial charge in [0.1, 0.15) is 5.75 Å². The number of carbonyl (C=O) groups excluding carboxylic acids is 2. The van der Waals surface area contributed by atoms with E-state index in [9.17, 15) is 9.59 Å². The summed E-state index contributed by atoms with van der Waals surface area (Å²) in [6, 6.07) is 12.4. The minimum Gasteiger partial charge on any atom is -0.482 e. The predicted molar refractivity (Wildman–Crippen MR) is 102 cm³/mol. The lowest BCUT2D eigenvalue weighted by Crippen LogP contribution is -2.20. The van der Waals surface area contributed by atoms with E-state index in [2.05, 4.69) is 5.32 Å². The fourth-order valence-electron chi connectivity index (χ4n) is 2.09. The van der Waals surface area contributed by atoms with Crippen LogP contribution in [0.5, 0.6) is 5.75 Å². The summed E-state index contributed by atoms with van der Waals surface area (Å²) in [4.78, 5) is 23.3. The molecule has 0 aliphatic heterocycles. The third-order valence-corrected chi connectivity index (χ3v) is 3.65. The highest BCUT2D eigenvalue weighted by molar-refractivity contribution is 6.32. The molecule has 0 heterocycles. The Kier molecular flexibility index (Phi) is 7.24. The third kappa shape index (κ3) is 6.26. The Balaban J connectivity index is 1.87. The number of hydrogen-bond acceptors (Lipinski definition) is 4. The zero-order chi connectivity index (χ0) is 18.9. The fraction of sp³-hybridized carbons (Fsp3) is 0.200. The first kappa shape index (κ1) is 19.5. The second-order valence-corrected chi connectivity index (χ2v) is 5.89. The van der Waals surface area contributed by atoms with Crippen LogP contribution in [0.1, 0.15) is 18.1 Å². The number of benzene rings is 2. The monoisotopic (exact) mass is 373 g/mol. The molecule has 0 saturated carbocycles. The Labute approximate surface area is 157 Å². The van der Waals surface area contributed by atoms with Crippen LogP contribution in [0.2, 0.25) is 5.02 Å². The van der Waals surface area contributed by atoms with Crippen molar-refractivity contribution in [3.05, 3.63) is 64.7 Å². The molecule has 136 valence electrons. The van der Waals surface area contributed by atoms with Crippen LogP contribution < -0.4 is 10.1 Å². The predicted octanol–water partition coefficient (Wildman–Crippen LogP) is 4.24. The number of rotatable bonds is 7. The quantitative estimate of drug-likeness (QED) is 0.582. The Morgan fingerprint density at radius 3 is 2.58 bits per heavy atom. The van der Waals surface area contributed by atoms with Crippen molar-refractivity contribution in [3.63, 3.8) is 0 Å². The van der Waals surface area contributed by atoms with E-state index in [-0.39, 0.29) is 12.5 Å². The molecule has 0 saturated heterocycles. The van der Waals surface area contributed by atoms with Gasteiger partial charge in [0.15, 0.2) is 6.61 Å². The third-order valence-electron chi connectivity index (χ3n) is 3.34. The van der Waals surface area contributed by atoms with Crippen LogP contribution in [0, 0.1) is 6.92 Å². The first-order chi connectivity index (χ1) is 12.5. The van der Waals surface area contributed by atoms with Crippen LogP contribution in [0.25, 0.3) is 6.08 Å². The number of hydrogen-bond donors (Lipinski definition) is 1. The molecular formula is C20H20ClNO4. The van der Waals surface area contributed by atoms with Gasteiger partial charge in [0.25, 0.3) is 5.91 Å². The highest BCUT2D eigenvalue weighted by Gasteiger charge is 2.07. The summed E-state index contributed by atoms with van der Waals surface area (Å²) >= 11 is 6.03. The Morgan fingerprint density at radius 1 is 1.15 bits per heavy atom. The number of esters is 1. The molecule has 2 aromatic rings. The van der Waals surface area contributed by atoms with Gasteiger partial charge < -0.3 is 14.8 Å². The molecule has 2 aromatic carbocycles. The van der Waals surface area contributed by atoms with Crippen molar-refractivity contribution in [2.24, 2.45) is 0 Å². The smallest absolute Gasteiger partial charge is 0.330 e. The summed E-state index contributed by atoms with van der Waals surface area (Å²) in [5.41, 5.74) is 2.44. The summed E-state index contributed by atoms with van der Waals surface area (Å²) in [7, 11) is 0. The van der Waals surface area contributed by atoms with E-state index < -0.39 is 5.97 Å². The number of ether oxygens (including phenoxy) is 2. The van der Waals surface area contributed by atoms with E-state index in [1.807, 2.05) is 13.0 Å². The second-order valence-electron chi connectivity index (χ2n) is 5.48. The average molecular weight is 374 g/mol. The van der Waals surface area contributed by atoms with Crippen molar-refractivity contribution in [1.82, 2.24) is 0 Å². The lowest BCUT2D eigenvalue weighted by molar-refractivity contribution is -0.137. The summed E-state index contributed by atoms with van der Waals surface area (Å²) in [5.74, 6) is -0.213. The molecule has 1 N–H and O–H groups in total. The van der Waals surface area contributed by atoms with Gasteiger partial charge in [0, 0.05) is 11.8 Å². The number of halogens is 1. The molecule has 0 aromatic heterocycles. The number of aryl methyl sites for hydroxylation is 1. The van der Waals surface area contributed by atoms with Gasteiger partial charge in [-0.1, -0.05) is 29.8 Å². The van der Waals surface area contributed by atoms with Crippen LogP contribution in [0.4, 0.5) is 5.69 Å². The van der Waals surface area contributed by atoms with Gasteiger partial charge in [-0.15, -0.1) is 0 Å². The summed E-state index contributed by atoms with van der Waals surface area (Å²) < 4.78 is 10.3. The van der Waals surface area contributed by atoms with Gasteiger partial charge >= 0.3 is 5.97 Å². The highest BCUT2D eigenvalue weighted by atomic mass is 35.5. The lowest BCUT2D eigenvalue weighted by atomic mass is 10.2. The molecule has 1 amide bonds. The van der Waals surface area contributed by atoms with Gasteiger partial charge in [-0.05, 0) is 55.3 Å². The van der Waals surface area contributed by atoms with Gasteiger partial charge in [0.2, 0.25) is 0 Å². The first-order valence-electron chi connectivity index (χ1n) is 8.11. The summed E-state index contributed by atoms with van der Waals surface area (Å²) in [6.45, 7) is 3.86. The molecule has 0 spiro atoms. The Morgan fingerprint density at radius 2 is 1.88 bits per heavy atom. The zero-order valence-electron chi connectivity index (χ0n) is 14.6. The Hall–Kier alpha value is -2.79. The number of anilines is 1. The van der Waals surface area contributed by atoms with E-state index in [1.165, 1.54) is 6.08 Å². The fourth-order valence-corrected chi connectivity index (χ4v) is 2.27. The van der Waals surface area contributed by atoms with Gasteiger partial charge in [-0.2, -0.15) is 0 Å². The summed E-state index contributed by atoms with van der Waals surface area (Å²) in [5, 5.41) is 3.20. The van der Waals surface area contributed by atoms with E-state index in [4.69, 9.17) is 21.1 Å². The minimum absolute atomic E-state index is 0.145. The van der Waals surface area contributed by atoms with Crippen molar-refractivity contribution in [3.8, 4) is 5.75 Å². The maximum atomic E-state index is 12.0. The van der Waals surface area contributed by atoms with Crippen LogP contribution in [0.3, 0.4) is 0 Å². The zero-order valence-corrected chi connectivity index (χ0v) is 15.4. The van der Waals surface area contributed by atoms with Crippen LogP contribution in [0.15, 0.2) is 48.5 Å². The topological polar surface area (TPSA) is 64.6 Å². The highest BCUT2D eigenvalue weighted by Crippen LogP contribution is 2.25. The first-order valence-corrected chi connectivity index (χ1v) is 8.49. The van der Waals surface area contributed by atoms with Crippen LogP contribution >= 0.6 is 11.6 Å². The molecule has 0 aliphatic carbocycles. The summed E-state index contributed by atoms with van der Waals surface area (Å²) in [6.07, 6.45) is 3.00. The molecule has 0 aliphatic rings. The lowest BCUT2D eigenvalue weighted by Gasteiger charge is -2.09. The van der Waals surface area contributed by atoms with E-state index in [1.54, 1.807) is 49.4 Å². The maximum Gasteiger partial charge on any atom is 0.330 e. The SMILES string of the molecule is CCOC(=O)/C=C/c1ccc(NC(=O)COc2cc(C)ccc2Cl)cc1. The molecule has 6 heteroatoms. The van der Waals surface area contributed by atoms with Gasteiger partial charge in [0.05, 0.1) is 11.6 Å². The van der Waals surface area contributed by atoms with E-state index in [0.29, 0.717) is 23.1 Å². The largest absolute Gasteiger partial charge is 0.482 e. The van der Waals surface area contributed by atoms with E-state index in [0.717, 1.165) is 11.1 Å². The van der Waals surface area contributed by atoms with E-state index >= 15 is 0 Å². The molecule has 0 fully saturated rings. The molecule has 0 radical (unpaired) electrons. The number of carbonyl (C=O) groups is 2. The molecular weight excluding hydrogens is 354 g/mol. The van der Waals surface area contributed by atoms with Crippen LogP contribution in [-0.2, 0) is 14.3 Å². The molecule has 0 atom stereocenters. The molecule has 2 rings (SSSR count). The standard InChI is InChI=1S/C20H20ClNO4/c1-3-25-20(24)11-7-15-5-8-16(9-6-15)22-19(23)13-26-18-12-14(2)4-10-17(18)21/h4-12H,3,13H2,1-2H3,(H,22,23)/b11-7+. The van der Waals surface area contributed by atoms with Crippen molar-refractivity contribution >= 4 is 35.2 Å². The molecule has 0 unspecified atom stereocenters. The van der Waals surface area contributed by atoms with Crippen molar-refractivity contribution in [2.75, 3.05) is 18.5 Å².